The second kappa shape index (κ2) is 11.9. The Kier molecular flexibility index (Phi) is 8.15. The Morgan fingerprint density at radius 1 is 1.00 bits per heavy atom. The molecule has 0 spiro atoms. The highest BCUT2D eigenvalue weighted by atomic mass is 35.5. The highest BCUT2D eigenvalue weighted by Gasteiger charge is 2.36. The summed E-state index contributed by atoms with van der Waals surface area (Å²) in [4.78, 5) is 32.6. The molecule has 0 aliphatic carbocycles. The molecule has 8 heteroatoms. The Morgan fingerprint density at radius 2 is 1.79 bits per heavy atom. The Hall–Kier alpha value is -3.55. The quantitative estimate of drug-likeness (QED) is 0.379. The predicted octanol–water partition coefficient (Wildman–Crippen LogP) is 5.30. The number of piperazine rings is 1. The van der Waals surface area contributed by atoms with Gasteiger partial charge in [-0.1, -0.05) is 41.9 Å². The van der Waals surface area contributed by atoms with E-state index in [4.69, 9.17) is 16.3 Å². The Bertz CT molecular complexity index is 1290. The first-order chi connectivity index (χ1) is 18.5. The van der Waals surface area contributed by atoms with Crippen molar-refractivity contribution in [3.8, 4) is 0 Å². The Morgan fingerprint density at radius 3 is 2.58 bits per heavy atom. The largest absolute Gasteiger partial charge is 0.382 e. The van der Waals surface area contributed by atoms with Crippen molar-refractivity contribution >= 4 is 34.8 Å². The van der Waals surface area contributed by atoms with E-state index in [1.54, 1.807) is 0 Å². The van der Waals surface area contributed by atoms with E-state index in [1.807, 2.05) is 89.5 Å². The van der Waals surface area contributed by atoms with Crippen molar-refractivity contribution in [2.75, 3.05) is 56.2 Å². The zero-order chi connectivity index (χ0) is 26.5. The highest BCUT2D eigenvalue weighted by Crippen LogP contribution is 2.34. The van der Waals surface area contributed by atoms with E-state index in [-0.39, 0.29) is 18.0 Å². The number of halogens is 1. The summed E-state index contributed by atoms with van der Waals surface area (Å²) in [6, 6.07) is 23.1. The minimum absolute atomic E-state index is 0.0101. The molecule has 198 valence electrons. The summed E-state index contributed by atoms with van der Waals surface area (Å²) in [7, 11) is 0. The van der Waals surface area contributed by atoms with Gasteiger partial charge in [0.2, 0.25) is 0 Å². The first-order valence-corrected chi connectivity index (χ1v) is 13.6. The maximum absolute atomic E-state index is 13.4. The van der Waals surface area contributed by atoms with Gasteiger partial charge in [-0.05, 0) is 55.8 Å². The van der Waals surface area contributed by atoms with E-state index in [2.05, 4.69) is 10.2 Å². The lowest BCUT2D eigenvalue weighted by Gasteiger charge is -2.36. The fraction of sp³-hybridized carbons (Fsp3) is 0.333. The van der Waals surface area contributed by atoms with Gasteiger partial charge in [0.15, 0.2) is 0 Å². The maximum Gasteiger partial charge on any atom is 0.256 e. The monoisotopic (exact) mass is 532 g/mol. The average molecular weight is 533 g/mol. The van der Waals surface area contributed by atoms with Crippen molar-refractivity contribution in [3.05, 3.63) is 94.5 Å². The van der Waals surface area contributed by atoms with Crippen LogP contribution in [-0.4, -0.2) is 67.6 Å². The average Bonchev–Trinajstić information content (AvgIpc) is 3.21. The second-order valence-corrected chi connectivity index (χ2v) is 9.96. The number of benzene rings is 3. The number of nitrogens with zero attached hydrogens (tertiary/aromatic N) is 3. The zero-order valence-electron chi connectivity index (χ0n) is 21.6. The van der Waals surface area contributed by atoms with Gasteiger partial charge in [0.25, 0.3) is 11.8 Å². The fourth-order valence-electron chi connectivity index (χ4n) is 5.16. The molecule has 0 aromatic heterocycles. The summed E-state index contributed by atoms with van der Waals surface area (Å²) in [6.07, 6.45) is 0.456. The van der Waals surface area contributed by atoms with E-state index in [0.29, 0.717) is 49.0 Å². The van der Waals surface area contributed by atoms with E-state index in [0.717, 1.165) is 36.4 Å². The van der Waals surface area contributed by atoms with Crippen LogP contribution in [0.25, 0.3) is 0 Å². The van der Waals surface area contributed by atoms with Crippen molar-refractivity contribution in [2.24, 2.45) is 0 Å². The molecule has 0 bridgehead atoms. The first kappa shape index (κ1) is 26.1. The van der Waals surface area contributed by atoms with E-state index in [9.17, 15) is 9.59 Å². The van der Waals surface area contributed by atoms with E-state index >= 15 is 0 Å². The van der Waals surface area contributed by atoms with Crippen LogP contribution in [0.1, 0.15) is 45.8 Å². The van der Waals surface area contributed by atoms with Crippen LogP contribution in [0.4, 0.5) is 11.4 Å². The van der Waals surface area contributed by atoms with Gasteiger partial charge in [0.1, 0.15) is 6.17 Å². The summed E-state index contributed by atoms with van der Waals surface area (Å²) < 4.78 is 5.49. The molecule has 1 fully saturated rings. The van der Waals surface area contributed by atoms with Crippen LogP contribution in [0.15, 0.2) is 72.8 Å². The lowest BCUT2D eigenvalue weighted by atomic mass is 10.1. The molecular weight excluding hydrogens is 500 g/mol. The number of nitrogens with one attached hydrogen (secondary N) is 1. The molecule has 1 saturated heterocycles. The SMILES string of the molecule is CCOCCCN1C(=O)c2ccccc2C1Nc1cccc(C(=O)N2CCN(c3cccc(Cl)c3)CC2)c1. The number of carbonyl (C=O) groups is 2. The first-order valence-electron chi connectivity index (χ1n) is 13.2. The number of rotatable bonds is 9. The van der Waals surface area contributed by atoms with Crippen molar-refractivity contribution < 1.29 is 14.3 Å². The van der Waals surface area contributed by atoms with Crippen molar-refractivity contribution in [2.45, 2.75) is 19.5 Å². The molecule has 0 saturated carbocycles. The van der Waals surface area contributed by atoms with E-state index in [1.165, 1.54) is 0 Å². The minimum Gasteiger partial charge on any atom is -0.382 e. The molecule has 3 aromatic rings. The van der Waals surface area contributed by atoms with Crippen molar-refractivity contribution in [3.63, 3.8) is 0 Å². The number of hydrogen-bond acceptors (Lipinski definition) is 5. The number of hydrogen-bond donors (Lipinski definition) is 1. The smallest absolute Gasteiger partial charge is 0.256 e. The molecule has 7 nitrogen and oxygen atoms in total. The van der Waals surface area contributed by atoms with Gasteiger partial charge < -0.3 is 24.8 Å². The number of amides is 2. The van der Waals surface area contributed by atoms with Crippen molar-refractivity contribution in [1.82, 2.24) is 9.80 Å². The predicted molar refractivity (Wildman–Crippen MR) is 151 cm³/mol. The summed E-state index contributed by atoms with van der Waals surface area (Å²) in [5.41, 5.74) is 4.17. The molecule has 3 aromatic carbocycles. The van der Waals surface area contributed by atoms with Gasteiger partial charge in [-0.25, -0.2) is 0 Å². The molecule has 5 rings (SSSR count). The maximum atomic E-state index is 13.4. The van der Waals surface area contributed by atoms with Gasteiger partial charge in [0.05, 0.1) is 0 Å². The summed E-state index contributed by atoms with van der Waals surface area (Å²) in [6.45, 7) is 6.60. The molecule has 2 aliphatic rings. The summed E-state index contributed by atoms with van der Waals surface area (Å²) in [5, 5.41) is 4.24. The molecule has 1 atom stereocenters. The third-order valence-corrected chi connectivity index (χ3v) is 7.34. The van der Waals surface area contributed by atoms with Gasteiger partial charge in [-0.3, -0.25) is 9.59 Å². The normalized spacial score (nSPS) is 17.1. The summed E-state index contributed by atoms with van der Waals surface area (Å²) in [5.74, 6) is 0.0234. The van der Waals surface area contributed by atoms with Gasteiger partial charge >= 0.3 is 0 Å². The van der Waals surface area contributed by atoms with Crippen LogP contribution in [0, 0.1) is 0 Å². The topological polar surface area (TPSA) is 65.1 Å². The van der Waals surface area contributed by atoms with Gasteiger partial charge in [-0.15, -0.1) is 0 Å². The second-order valence-electron chi connectivity index (χ2n) is 9.52. The van der Waals surface area contributed by atoms with Crippen molar-refractivity contribution in [1.29, 1.82) is 0 Å². The molecular formula is C30H33ClN4O3. The van der Waals surface area contributed by atoms with Crippen LogP contribution >= 0.6 is 11.6 Å². The Balaban J connectivity index is 1.27. The molecule has 2 amide bonds. The van der Waals surface area contributed by atoms with Crippen LogP contribution in [0.2, 0.25) is 5.02 Å². The zero-order valence-corrected chi connectivity index (χ0v) is 22.4. The van der Waals surface area contributed by atoms with Gasteiger partial charge in [0, 0.05) is 79.0 Å². The number of carbonyl (C=O) groups excluding carboxylic acids is 2. The molecule has 2 heterocycles. The molecule has 38 heavy (non-hydrogen) atoms. The minimum atomic E-state index is -0.299. The third-order valence-electron chi connectivity index (χ3n) is 7.10. The lowest BCUT2D eigenvalue weighted by Crippen LogP contribution is -2.48. The number of ether oxygens (including phenoxy) is 1. The van der Waals surface area contributed by atoms with Crippen LogP contribution in [-0.2, 0) is 4.74 Å². The number of fused-ring (bicyclic) bond motifs is 1. The Labute approximate surface area is 228 Å². The van der Waals surface area contributed by atoms with Crippen LogP contribution in [0.5, 0.6) is 0 Å². The van der Waals surface area contributed by atoms with Crippen LogP contribution < -0.4 is 10.2 Å². The highest BCUT2D eigenvalue weighted by molar-refractivity contribution is 6.30. The van der Waals surface area contributed by atoms with Crippen LogP contribution in [0.3, 0.4) is 0 Å². The third kappa shape index (κ3) is 5.64. The van der Waals surface area contributed by atoms with E-state index < -0.39 is 0 Å². The summed E-state index contributed by atoms with van der Waals surface area (Å²) >= 11 is 6.16. The number of anilines is 2. The molecule has 1 N–H and O–H groups in total. The molecule has 2 aliphatic heterocycles. The molecule has 1 unspecified atom stereocenters. The lowest BCUT2D eigenvalue weighted by molar-refractivity contribution is 0.0706. The standard InChI is InChI=1S/C30H33ClN4O3/c1-2-38-19-7-14-35-28(26-12-3-4-13-27(26)30(35)37)32-24-10-5-8-22(20-24)29(36)34-17-15-33(16-18-34)25-11-6-9-23(31)21-25/h3-6,8-13,20-21,28,32H,2,7,14-19H2,1H3. The van der Waals surface area contributed by atoms with Gasteiger partial charge in [-0.2, -0.15) is 0 Å². The fourth-order valence-corrected chi connectivity index (χ4v) is 5.35. The molecule has 0 radical (unpaired) electrons.